The lowest BCUT2D eigenvalue weighted by Gasteiger charge is -2.51. The van der Waals surface area contributed by atoms with E-state index in [-0.39, 0.29) is 0 Å². The molecule has 35 atom stereocenters. The molecule has 31 heteroatoms. The number of aliphatic hydroxyl groups excluding tert-OH is 18. The average molecular weight is 1070 g/mol. The zero-order valence-electron chi connectivity index (χ0n) is 40.0. The molecule has 7 rings (SSSR count). The van der Waals surface area contributed by atoms with Gasteiger partial charge in [0.15, 0.2) is 44.0 Å². The fourth-order valence-corrected chi connectivity index (χ4v) is 9.68. The molecule has 0 aromatic rings. The van der Waals surface area contributed by atoms with E-state index in [1.165, 1.54) is 34.6 Å². The number of hydrogen-bond donors (Lipinski definition) is 18. The predicted molar refractivity (Wildman–Crippen MR) is 225 cm³/mol. The van der Waals surface area contributed by atoms with Gasteiger partial charge in [-0.3, -0.25) is 0 Å². The van der Waals surface area contributed by atoms with Gasteiger partial charge in [0.1, 0.15) is 140 Å². The minimum absolute atomic E-state index is 0.923. The van der Waals surface area contributed by atoms with E-state index in [0.29, 0.717) is 0 Å². The largest absolute Gasteiger partial charge is 0.394 e. The Balaban J connectivity index is 1.19. The second-order valence-corrected chi connectivity index (χ2v) is 19.5. The van der Waals surface area contributed by atoms with Crippen LogP contribution in [-0.4, -0.2) is 320 Å². The Morgan fingerprint density at radius 3 is 1.01 bits per heavy atom. The summed E-state index contributed by atoms with van der Waals surface area (Å²) in [6, 6.07) is 0. The summed E-state index contributed by atoms with van der Waals surface area (Å²) in [6.45, 7) is 4.73. The molecule has 0 unspecified atom stereocenters. The zero-order valence-corrected chi connectivity index (χ0v) is 40.0. The van der Waals surface area contributed by atoms with Crippen molar-refractivity contribution in [3.05, 3.63) is 0 Å². The normalized spacial score (nSPS) is 56.3. The summed E-state index contributed by atoms with van der Waals surface area (Å²) >= 11 is 0. The van der Waals surface area contributed by atoms with Crippen molar-refractivity contribution in [3.8, 4) is 0 Å². The van der Waals surface area contributed by atoms with Crippen LogP contribution < -0.4 is 0 Å². The average Bonchev–Trinajstić information content (AvgIpc) is 3.35. The summed E-state index contributed by atoms with van der Waals surface area (Å²) in [4.78, 5) is 0. The van der Waals surface area contributed by atoms with E-state index < -0.39 is 228 Å². The minimum Gasteiger partial charge on any atom is -0.394 e. The van der Waals surface area contributed by atoms with Crippen molar-refractivity contribution in [2.24, 2.45) is 0 Å². The van der Waals surface area contributed by atoms with E-state index in [1.807, 2.05) is 0 Å². The first-order valence-electron chi connectivity index (χ1n) is 23.9. The molecular formula is C42H72O31. The van der Waals surface area contributed by atoms with E-state index >= 15 is 0 Å². The molecule has 73 heavy (non-hydrogen) atoms. The van der Waals surface area contributed by atoms with Crippen LogP contribution in [0, 0.1) is 0 Å². The second kappa shape index (κ2) is 24.4. The summed E-state index contributed by atoms with van der Waals surface area (Å²) in [5, 5.41) is 196. The SMILES string of the molecule is C[C@@H]1O[C@@H](O[C@@H]2[C@@H](O)[C@H](O[C@H]3[C@H](O[C@H]4[C@@H](O)[C@H](O[C@H]5[C@H](O[C@@H]6[C@@H](O)[C@@H](O)[C@@H](C)O[C@@H]6O)O[C@H](CO)[C@@H](O)[C@@H]5O)O[C@@H](C)[C@@H]4O[C@@H]4O[C@H](C)[C@@H](O)[C@H](O)[C@H]4O)O[C@H](CO)[C@@H](O)[C@@H]3O)O[C@H](C)[C@H]2O)[C@H](O)[C@H](O)[C@H]1O. The highest BCUT2D eigenvalue weighted by Gasteiger charge is 2.59. The molecule has 0 saturated carbocycles. The van der Waals surface area contributed by atoms with Crippen LogP contribution in [0.1, 0.15) is 34.6 Å². The molecule has 0 aliphatic carbocycles. The molecular weight excluding hydrogens is 1000 g/mol. The van der Waals surface area contributed by atoms with Gasteiger partial charge < -0.3 is 153 Å². The summed E-state index contributed by atoms with van der Waals surface area (Å²) in [5.74, 6) is 0. The number of rotatable bonds is 14. The lowest BCUT2D eigenvalue weighted by Crippen LogP contribution is -2.69. The number of ether oxygens (including phenoxy) is 13. The van der Waals surface area contributed by atoms with Crippen LogP contribution in [-0.2, 0) is 61.6 Å². The molecule has 0 aromatic carbocycles. The molecule has 0 bridgehead atoms. The Labute approximate surface area is 415 Å². The van der Waals surface area contributed by atoms with E-state index in [0.717, 1.165) is 0 Å². The van der Waals surface area contributed by atoms with Gasteiger partial charge in [-0.2, -0.15) is 0 Å². The van der Waals surface area contributed by atoms with Crippen LogP contribution in [0.2, 0.25) is 0 Å². The minimum atomic E-state index is -2.25. The highest BCUT2D eigenvalue weighted by molar-refractivity contribution is 5.00. The maximum absolute atomic E-state index is 12.3. The molecule has 7 aliphatic heterocycles. The molecule has 31 nitrogen and oxygen atoms in total. The zero-order chi connectivity index (χ0) is 53.8. The number of aliphatic hydroxyl groups is 18. The molecule has 7 heterocycles. The van der Waals surface area contributed by atoms with Gasteiger partial charge in [0, 0.05) is 0 Å². The van der Waals surface area contributed by atoms with Gasteiger partial charge in [-0.05, 0) is 34.6 Å². The molecule has 7 saturated heterocycles. The fourth-order valence-electron chi connectivity index (χ4n) is 9.68. The molecule has 0 spiro atoms. The topological polar surface area (TPSA) is 484 Å². The van der Waals surface area contributed by atoms with Gasteiger partial charge in [0.05, 0.1) is 43.7 Å². The molecule has 0 amide bonds. The van der Waals surface area contributed by atoms with Gasteiger partial charge in [-0.1, -0.05) is 0 Å². The number of hydrogen-bond acceptors (Lipinski definition) is 31. The van der Waals surface area contributed by atoms with Crippen molar-refractivity contribution in [3.63, 3.8) is 0 Å². The van der Waals surface area contributed by atoms with Crippen LogP contribution >= 0.6 is 0 Å². The Morgan fingerprint density at radius 2 is 0.562 bits per heavy atom. The predicted octanol–water partition coefficient (Wildman–Crippen LogP) is -11.1. The van der Waals surface area contributed by atoms with E-state index in [2.05, 4.69) is 0 Å². The van der Waals surface area contributed by atoms with Gasteiger partial charge in [0.2, 0.25) is 0 Å². The smallest absolute Gasteiger partial charge is 0.187 e. The molecule has 426 valence electrons. The van der Waals surface area contributed by atoms with Gasteiger partial charge >= 0.3 is 0 Å². The standard InChI is InChI=1S/C42H72O31/c1-8-17(47)23(53)33(36(60)61-8)71-42-35(25(55)20(50)14(7-44)67-42)73-40-29(59)32(30(12(5)65-40)68-37-26(56)21(51)15(45)9(2)62-37)70-41-34(24(54)19(49)13(6-43)66-41)72-39-28(58)31(18(48)11(4)64-39)69-38-27(57)22(52)16(46)10(3)63-38/h8-60H,6-7H2,1-5H3/t8-,9-,10+,11-,12+,13-,14-,15-,16+,17+,18-,19-,20-,21+,22-,23+,24+,25+,26-,27-,28-,29-,30+,31+,32+,33-,34-,35-,36+,37+,38+,39+,40+,41+,42+/m1/s1. The summed E-state index contributed by atoms with van der Waals surface area (Å²) in [5.41, 5.74) is 0. The Kier molecular flexibility index (Phi) is 19.9. The maximum Gasteiger partial charge on any atom is 0.187 e. The van der Waals surface area contributed by atoms with E-state index in [4.69, 9.17) is 61.6 Å². The van der Waals surface area contributed by atoms with Crippen LogP contribution in [0.4, 0.5) is 0 Å². The molecule has 0 radical (unpaired) electrons. The van der Waals surface area contributed by atoms with Crippen molar-refractivity contribution in [2.45, 2.75) is 250 Å². The van der Waals surface area contributed by atoms with Crippen molar-refractivity contribution < 1.29 is 153 Å². The monoisotopic (exact) mass is 1070 g/mol. The van der Waals surface area contributed by atoms with Gasteiger partial charge in [0.25, 0.3) is 0 Å². The highest BCUT2D eigenvalue weighted by Crippen LogP contribution is 2.39. The van der Waals surface area contributed by atoms with Crippen molar-refractivity contribution >= 4 is 0 Å². The third-order valence-corrected chi connectivity index (χ3v) is 14.3. The quantitative estimate of drug-likeness (QED) is 0.0768. The first kappa shape index (κ1) is 59.4. The lowest BCUT2D eigenvalue weighted by molar-refractivity contribution is -0.414. The Hall–Kier alpha value is -1.24. The van der Waals surface area contributed by atoms with Gasteiger partial charge in [-0.25, -0.2) is 0 Å². The first-order valence-corrected chi connectivity index (χ1v) is 23.9. The van der Waals surface area contributed by atoms with Crippen LogP contribution in [0.5, 0.6) is 0 Å². The summed E-state index contributed by atoms with van der Waals surface area (Å²) in [7, 11) is 0. The van der Waals surface area contributed by atoms with Crippen LogP contribution in [0.3, 0.4) is 0 Å². The first-order chi connectivity index (χ1) is 34.3. The second-order valence-electron chi connectivity index (χ2n) is 19.5. The van der Waals surface area contributed by atoms with E-state index in [1.54, 1.807) is 0 Å². The maximum atomic E-state index is 12.3. The Morgan fingerprint density at radius 1 is 0.247 bits per heavy atom. The summed E-state index contributed by atoms with van der Waals surface area (Å²) < 4.78 is 75.6. The van der Waals surface area contributed by atoms with Crippen molar-refractivity contribution in [2.75, 3.05) is 13.2 Å². The summed E-state index contributed by atoms with van der Waals surface area (Å²) in [6.07, 6.45) is -62.7. The lowest BCUT2D eigenvalue weighted by atomic mass is 9.95. The van der Waals surface area contributed by atoms with Crippen LogP contribution in [0.15, 0.2) is 0 Å². The molecule has 7 aliphatic rings. The van der Waals surface area contributed by atoms with Crippen molar-refractivity contribution in [1.29, 1.82) is 0 Å². The fraction of sp³-hybridized carbons (Fsp3) is 1.00. The highest BCUT2D eigenvalue weighted by atomic mass is 16.8. The third-order valence-electron chi connectivity index (χ3n) is 14.3. The molecule has 7 fully saturated rings. The molecule has 0 aromatic heterocycles. The third kappa shape index (κ3) is 12.0. The van der Waals surface area contributed by atoms with Crippen molar-refractivity contribution in [1.82, 2.24) is 0 Å². The van der Waals surface area contributed by atoms with Gasteiger partial charge in [-0.15, -0.1) is 0 Å². The van der Waals surface area contributed by atoms with Crippen LogP contribution in [0.25, 0.3) is 0 Å². The molecule has 18 N–H and O–H groups in total. The Bertz CT molecular complexity index is 1730. The van der Waals surface area contributed by atoms with E-state index in [9.17, 15) is 91.9 Å².